The minimum absolute atomic E-state index is 0. The van der Waals surface area contributed by atoms with Gasteiger partial charge in [-0.2, -0.15) is 48.3 Å². The average molecular weight is 756 g/mol. The lowest BCUT2D eigenvalue weighted by molar-refractivity contribution is -0.422. The van der Waals surface area contributed by atoms with Crippen LogP contribution >= 0.6 is 0 Å². The SMILES string of the molecule is C.C.C.C.C.C.C.C.C.CCC(C)(CC(CC(C)(C)C(=O)OC)C(=O)N(C)C)C(=O)OCCC(F)(F)C(F)(F)C(F)(F)C(F)(F)C(F)(F)F. The maximum Gasteiger partial charge on any atom is 0.460 e. The molecular weight excluding hydrogens is 687 g/mol. The van der Waals surface area contributed by atoms with Crippen molar-refractivity contribution in [2.24, 2.45) is 16.7 Å². The topological polar surface area (TPSA) is 72.9 Å². The maximum atomic E-state index is 13.9. The van der Waals surface area contributed by atoms with Crippen LogP contribution in [0.4, 0.5) is 48.3 Å². The molecule has 0 fully saturated rings. The molecule has 0 spiro atoms. The summed E-state index contributed by atoms with van der Waals surface area (Å²) in [6.07, 6.45) is -10.5. The Hall–Kier alpha value is -2.36. The molecule has 0 aromatic rings. The fraction of sp³-hybridized carbons (Fsp3) is 0.906. The highest BCUT2D eigenvalue weighted by atomic mass is 19.4. The van der Waals surface area contributed by atoms with Crippen LogP contribution in [0, 0.1) is 16.7 Å². The number of hydrogen-bond donors (Lipinski definition) is 0. The number of amides is 1. The molecule has 2 unspecified atom stereocenters. The maximum absolute atomic E-state index is 13.9. The first kappa shape index (κ1) is 72.4. The van der Waals surface area contributed by atoms with Gasteiger partial charge in [0.05, 0.1) is 31.0 Å². The molecule has 1 amide bonds. The number of nitrogens with zero attached hydrogens (tertiary/aromatic N) is 1. The number of rotatable bonds is 14. The molecule has 0 saturated carbocycles. The summed E-state index contributed by atoms with van der Waals surface area (Å²) < 4.78 is 154. The van der Waals surface area contributed by atoms with E-state index in [1.165, 1.54) is 41.8 Å². The lowest BCUT2D eigenvalue weighted by Gasteiger charge is -2.37. The van der Waals surface area contributed by atoms with Gasteiger partial charge < -0.3 is 14.4 Å². The average Bonchev–Trinajstić information content (AvgIpc) is 2.80. The molecule has 2 atom stereocenters. The van der Waals surface area contributed by atoms with Gasteiger partial charge in [-0.25, -0.2) is 0 Å². The first-order valence-electron chi connectivity index (χ1n) is 11.6. The van der Waals surface area contributed by atoms with E-state index in [0.717, 1.165) is 12.0 Å². The lowest BCUT2D eigenvalue weighted by Crippen LogP contribution is -2.66. The van der Waals surface area contributed by atoms with Gasteiger partial charge in [-0.05, 0) is 40.0 Å². The predicted molar refractivity (Wildman–Crippen MR) is 178 cm³/mol. The quantitative estimate of drug-likeness (QED) is 0.130. The van der Waals surface area contributed by atoms with Crippen molar-refractivity contribution >= 4 is 17.8 Å². The monoisotopic (exact) mass is 755 g/mol. The Labute approximate surface area is 289 Å². The summed E-state index contributed by atoms with van der Waals surface area (Å²) in [6, 6.07) is 0. The van der Waals surface area contributed by atoms with E-state index in [1.807, 2.05) is 0 Å². The first-order chi connectivity index (χ1) is 17.6. The van der Waals surface area contributed by atoms with Crippen LogP contribution in [0.25, 0.3) is 0 Å². The summed E-state index contributed by atoms with van der Waals surface area (Å²) in [7, 11) is 3.82. The minimum Gasteiger partial charge on any atom is -0.469 e. The summed E-state index contributed by atoms with van der Waals surface area (Å²) in [5, 5.41) is 0. The molecule has 0 N–H and O–H groups in total. The zero-order valence-corrected chi connectivity index (χ0v) is 22.8. The molecule has 0 saturated heterocycles. The van der Waals surface area contributed by atoms with Gasteiger partial charge in [-0.3, -0.25) is 14.4 Å². The van der Waals surface area contributed by atoms with Gasteiger partial charge >= 0.3 is 41.8 Å². The van der Waals surface area contributed by atoms with Crippen molar-refractivity contribution in [1.82, 2.24) is 4.90 Å². The molecule has 0 rings (SSSR count). The van der Waals surface area contributed by atoms with Gasteiger partial charge in [-0.15, -0.1) is 0 Å². The van der Waals surface area contributed by atoms with Gasteiger partial charge in [-0.1, -0.05) is 73.8 Å². The van der Waals surface area contributed by atoms with Gasteiger partial charge in [0.15, 0.2) is 0 Å². The molecule has 0 aromatic heterocycles. The molecule has 49 heavy (non-hydrogen) atoms. The van der Waals surface area contributed by atoms with Crippen molar-refractivity contribution in [1.29, 1.82) is 0 Å². The summed E-state index contributed by atoms with van der Waals surface area (Å²) in [5.41, 5.74) is -2.95. The van der Waals surface area contributed by atoms with E-state index < -0.39 is 77.5 Å². The van der Waals surface area contributed by atoms with E-state index in [1.54, 1.807) is 0 Å². The number of alkyl halides is 11. The third-order valence-corrected chi connectivity index (χ3v) is 6.51. The lowest BCUT2D eigenvalue weighted by atomic mass is 9.72. The Bertz CT molecular complexity index is 926. The number of methoxy groups -OCH3 is 1. The highest BCUT2D eigenvalue weighted by molar-refractivity contribution is 5.83. The highest BCUT2D eigenvalue weighted by Crippen LogP contribution is 2.58. The fourth-order valence-corrected chi connectivity index (χ4v) is 3.71. The molecule has 0 aliphatic carbocycles. The van der Waals surface area contributed by atoms with Crippen LogP contribution in [0.2, 0.25) is 0 Å². The number of esters is 2. The van der Waals surface area contributed by atoms with Crippen LogP contribution in [0.3, 0.4) is 0 Å². The Morgan fingerprint density at radius 2 is 1.02 bits per heavy atom. The van der Waals surface area contributed by atoms with Crippen LogP contribution in [0.5, 0.6) is 0 Å². The van der Waals surface area contributed by atoms with E-state index in [0.29, 0.717) is 0 Å². The largest absolute Gasteiger partial charge is 0.469 e. The summed E-state index contributed by atoms with van der Waals surface area (Å²) in [6.45, 7) is 3.70. The fourth-order valence-electron chi connectivity index (χ4n) is 3.71. The van der Waals surface area contributed by atoms with Crippen LogP contribution in [-0.4, -0.2) is 80.4 Å². The summed E-state index contributed by atoms with van der Waals surface area (Å²) >= 11 is 0. The van der Waals surface area contributed by atoms with Crippen molar-refractivity contribution < 1.29 is 72.2 Å². The number of hydrogen-bond acceptors (Lipinski definition) is 5. The normalized spacial score (nSPS) is 13.2. The highest BCUT2D eigenvalue weighted by Gasteiger charge is 2.86. The van der Waals surface area contributed by atoms with E-state index in [2.05, 4.69) is 9.47 Å². The first-order valence-corrected chi connectivity index (χ1v) is 11.6. The molecule has 0 aliphatic heterocycles. The number of halogens is 11. The van der Waals surface area contributed by atoms with E-state index in [-0.39, 0.29) is 86.1 Å². The van der Waals surface area contributed by atoms with Crippen molar-refractivity contribution in [3.05, 3.63) is 0 Å². The Morgan fingerprint density at radius 3 is 1.33 bits per heavy atom. The van der Waals surface area contributed by atoms with Crippen molar-refractivity contribution in [2.45, 2.75) is 150 Å². The zero-order valence-electron chi connectivity index (χ0n) is 22.8. The second-order valence-electron chi connectivity index (χ2n) is 10.4. The molecule has 0 radical (unpaired) electrons. The van der Waals surface area contributed by atoms with Crippen molar-refractivity contribution in [3.63, 3.8) is 0 Å². The predicted octanol–water partition coefficient (Wildman–Crippen LogP) is 11.8. The molecule has 308 valence electrons. The van der Waals surface area contributed by atoms with Gasteiger partial charge in [0, 0.05) is 20.0 Å². The molecule has 6 nitrogen and oxygen atoms in total. The number of carbonyl (C=O) groups excluding carboxylic acids is 3. The summed E-state index contributed by atoms with van der Waals surface area (Å²) in [4.78, 5) is 38.7. The molecular formula is C32H68F11NO5. The number of carbonyl (C=O) groups is 3. The van der Waals surface area contributed by atoms with Gasteiger partial charge in [0.2, 0.25) is 5.91 Å². The third-order valence-electron chi connectivity index (χ3n) is 6.51. The van der Waals surface area contributed by atoms with E-state index in [4.69, 9.17) is 0 Å². The minimum atomic E-state index is -7.56. The molecule has 0 heterocycles. The van der Waals surface area contributed by atoms with Crippen molar-refractivity contribution in [2.75, 3.05) is 27.8 Å². The zero-order chi connectivity index (χ0) is 32.3. The molecule has 0 aromatic carbocycles. The smallest absolute Gasteiger partial charge is 0.460 e. The molecule has 0 bridgehead atoms. The standard InChI is InChI=1S/C23H32F11NO5.9CH4/c1-8-18(4,12-13(14(36)35(5)6)11-17(2,3)15(37)39-7)16(38)40-10-9-19(24,25)20(26,27)21(28,29)22(30,31)23(32,33)34;;;;;;;;;/h13H,8-12H2,1-7H3;9*1H4. The Kier molecular flexibility index (Phi) is 35.4. The van der Waals surface area contributed by atoms with Crippen molar-refractivity contribution in [3.8, 4) is 0 Å². The van der Waals surface area contributed by atoms with E-state index >= 15 is 0 Å². The Morgan fingerprint density at radius 1 is 0.633 bits per heavy atom. The Balaban J connectivity index is -0.000000211. The summed E-state index contributed by atoms with van der Waals surface area (Å²) in [5.74, 6) is -32.2. The third kappa shape index (κ3) is 15.2. The molecule has 0 aliphatic rings. The second kappa shape index (κ2) is 23.9. The van der Waals surface area contributed by atoms with Crippen LogP contribution < -0.4 is 0 Å². The molecule has 17 heteroatoms. The van der Waals surface area contributed by atoms with Gasteiger partial charge in [0.1, 0.15) is 0 Å². The van der Waals surface area contributed by atoms with E-state index in [9.17, 15) is 62.7 Å². The second-order valence-corrected chi connectivity index (χ2v) is 10.4. The van der Waals surface area contributed by atoms with Crippen LogP contribution in [-0.2, 0) is 23.9 Å². The van der Waals surface area contributed by atoms with Crippen LogP contribution in [0.1, 0.15) is 120 Å². The number of ether oxygens (including phenoxy) is 2. The van der Waals surface area contributed by atoms with Gasteiger partial charge in [0.25, 0.3) is 0 Å². The van der Waals surface area contributed by atoms with Crippen LogP contribution in [0.15, 0.2) is 0 Å².